The van der Waals surface area contributed by atoms with E-state index in [1.165, 1.54) is 11.1 Å². The molecule has 3 heterocycles. The van der Waals surface area contributed by atoms with Crippen molar-refractivity contribution in [2.75, 3.05) is 0 Å². The van der Waals surface area contributed by atoms with Crippen molar-refractivity contribution in [3.8, 4) is 51.0 Å². The van der Waals surface area contributed by atoms with Gasteiger partial charge in [0.1, 0.15) is 11.2 Å². The molecule has 0 aliphatic carbocycles. The van der Waals surface area contributed by atoms with Crippen molar-refractivity contribution in [2.45, 2.75) is 0 Å². The fraction of sp³-hybridized carbons (Fsp3) is 0. The van der Waals surface area contributed by atoms with Crippen LogP contribution in [-0.2, 0) is 0 Å². The van der Waals surface area contributed by atoms with E-state index in [1.54, 1.807) is 0 Å². The molecular formula is C45H28N4O. The molecular weight excluding hydrogens is 613 g/mol. The molecule has 5 heteroatoms. The van der Waals surface area contributed by atoms with E-state index in [1.807, 2.05) is 60.7 Å². The number of benzene rings is 7. The lowest BCUT2D eigenvalue weighted by atomic mass is 9.98. The maximum Gasteiger partial charge on any atom is 0.238 e. The first kappa shape index (κ1) is 28.2. The van der Waals surface area contributed by atoms with Crippen molar-refractivity contribution in [3.05, 3.63) is 170 Å². The summed E-state index contributed by atoms with van der Waals surface area (Å²) in [6, 6.07) is 58.6. The maximum atomic E-state index is 6.22. The minimum atomic E-state index is 0.570. The van der Waals surface area contributed by atoms with Crippen LogP contribution in [0.5, 0.6) is 0 Å². The van der Waals surface area contributed by atoms with E-state index in [0.717, 1.165) is 66.0 Å². The number of aromatic nitrogens is 4. The van der Waals surface area contributed by atoms with Gasteiger partial charge in [-0.1, -0.05) is 133 Å². The van der Waals surface area contributed by atoms with Crippen molar-refractivity contribution in [3.63, 3.8) is 0 Å². The molecule has 0 fully saturated rings. The normalized spacial score (nSPS) is 11.6. The molecule has 0 saturated carbocycles. The van der Waals surface area contributed by atoms with Crippen LogP contribution in [0.1, 0.15) is 0 Å². The predicted molar refractivity (Wildman–Crippen MR) is 203 cm³/mol. The van der Waals surface area contributed by atoms with Gasteiger partial charge < -0.3 is 4.42 Å². The zero-order valence-corrected chi connectivity index (χ0v) is 26.9. The van der Waals surface area contributed by atoms with Gasteiger partial charge in [-0.25, -0.2) is 4.98 Å². The monoisotopic (exact) mass is 640 g/mol. The minimum Gasteiger partial charge on any atom is -0.456 e. The van der Waals surface area contributed by atoms with Gasteiger partial charge >= 0.3 is 0 Å². The molecule has 0 spiro atoms. The molecule has 0 radical (unpaired) electrons. The van der Waals surface area contributed by atoms with Gasteiger partial charge in [0.05, 0.1) is 11.0 Å². The highest BCUT2D eigenvalue weighted by atomic mass is 16.3. The maximum absolute atomic E-state index is 6.22. The first-order valence-corrected chi connectivity index (χ1v) is 16.7. The van der Waals surface area contributed by atoms with E-state index < -0.39 is 0 Å². The molecule has 0 saturated heterocycles. The second-order valence-electron chi connectivity index (χ2n) is 12.5. The minimum absolute atomic E-state index is 0.570. The Balaban J connectivity index is 1.19. The zero-order chi connectivity index (χ0) is 33.0. The molecule has 0 aliphatic heterocycles. The van der Waals surface area contributed by atoms with E-state index in [4.69, 9.17) is 19.4 Å². The third-order valence-corrected chi connectivity index (χ3v) is 9.47. The molecule has 50 heavy (non-hydrogen) atoms. The average molecular weight is 641 g/mol. The number of hydrogen-bond donors (Lipinski definition) is 0. The van der Waals surface area contributed by atoms with Gasteiger partial charge in [0, 0.05) is 32.7 Å². The largest absolute Gasteiger partial charge is 0.456 e. The van der Waals surface area contributed by atoms with Crippen molar-refractivity contribution in [2.24, 2.45) is 0 Å². The van der Waals surface area contributed by atoms with Crippen LogP contribution >= 0.6 is 0 Å². The number of furan rings is 1. The Kier molecular flexibility index (Phi) is 6.42. The van der Waals surface area contributed by atoms with Gasteiger partial charge in [0.15, 0.2) is 11.6 Å². The molecule has 0 bridgehead atoms. The van der Waals surface area contributed by atoms with Crippen LogP contribution in [0.25, 0.3) is 94.7 Å². The van der Waals surface area contributed by atoms with Crippen molar-refractivity contribution in [1.29, 1.82) is 0 Å². The Morgan fingerprint density at radius 2 is 1.00 bits per heavy atom. The van der Waals surface area contributed by atoms with Crippen LogP contribution in [0.4, 0.5) is 0 Å². The van der Waals surface area contributed by atoms with Crippen molar-refractivity contribution < 1.29 is 4.42 Å². The second kappa shape index (κ2) is 11.4. The molecule has 7 aromatic carbocycles. The molecule has 0 aliphatic rings. The highest BCUT2D eigenvalue weighted by Crippen LogP contribution is 2.38. The van der Waals surface area contributed by atoms with E-state index >= 15 is 0 Å². The first-order chi connectivity index (χ1) is 24.8. The van der Waals surface area contributed by atoms with Gasteiger partial charge in [-0.15, -0.1) is 0 Å². The van der Waals surface area contributed by atoms with Crippen molar-refractivity contribution in [1.82, 2.24) is 19.5 Å². The van der Waals surface area contributed by atoms with E-state index in [2.05, 4.69) is 114 Å². The topological polar surface area (TPSA) is 56.7 Å². The highest BCUT2D eigenvalue weighted by Gasteiger charge is 2.19. The lowest BCUT2D eigenvalue weighted by Crippen LogP contribution is -2.06. The Labute approximate surface area is 287 Å². The molecule has 0 amide bonds. The standard InChI is InChI=1S/C45H28N4O/c1-3-13-29(14-4-1)31-25-26-39-37(28-31)35-19-7-9-22-38(35)49(39)45-47-43(30-15-5-2-6-16-30)46-44(48-45)33-18-11-17-32(27-33)34-21-12-24-41-42(34)36-20-8-10-23-40(36)50-41/h1-28H. The van der Waals surface area contributed by atoms with E-state index in [9.17, 15) is 0 Å². The Bertz CT molecular complexity index is 2870. The summed E-state index contributed by atoms with van der Waals surface area (Å²) >= 11 is 0. The highest BCUT2D eigenvalue weighted by molar-refractivity contribution is 6.13. The van der Waals surface area contributed by atoms with Crippen LogP contribution < -0.4 is 0 Å². The molecule has 0 N–H and O–H groups in total. The molecule has 234 valence electrons. The molecule has 5 nitrogen and oxygen atoms in total. The lowest BCUT2D eigenvalue weighted by molar-refractivity contribution is 0.669. The first-order valence-electron chi connectivity index (χ1n) is 16.7. The van der Waals surface area contributed by atoms with Gasteiger partial charge in [-0.3, -0.25) is 4.57 Å². The summed E-state index contributed by atoms with van der Waals surface area (Å²) in [5.74, 6) is 1.79. The van der Waals surface area contributed by atoms with E-state index in [0.29, 0.717) is 17.6 Å². The SMILES string of the molecule is c1ccc(-c2ccc3c(c2)c2ccccc2n3-c2nc(-c3ccccc3)nc(-c3cccc(-c4cccc5oc6ccccc6c45)c3)n2)cc1. The van der Waals surface area contributed by atoms with Gasteiger partial charge in [-0.05, 0) is 58.7 Å². The Hall–Kier alpha value is -6.85. The van der Waals surface area contributed by atoms with Crippen LogP contribution in [0.15, 0.2) is 174 Å². The van der Waals surface area contributed by atoms with Crippen LogP contribution in [-0.4, -0.2) is 19.5 Å². The number of fused-ring (bicyclic) bond motifs is 6. The fourth-order valence-electron chi connectivity index (χ4n) is 7.15. The lowest BCUT2D eigenvalue weighted by Gasteiger charge is -2.12. The van der Waals surface area contributed by atoms with Crippen LogP contribution in [0.2, 0.25) is 0 Å². The average Bonchev–Trinajstić information content (AvgIpc) is 3.74. The summed E-state index contributed by atoms with van der Waals surface area (Å²) in [4.78, 5) is 15.4. The summed E-state index contributed by atoms with van der Waals surface area (Å²) in [5, 5.41) is 4.49. The summed E-state index contributed by atoms with van der Waals surface area (Å²) in [6.07, 6.45) is 0. The summed E-state index contributed by atoms with van der Waals surface area (Å²) in [5.41, 5.74) is 10.2. The second-order valence-corrected chi connectivity index (χ2v) is 12.5. The summed E-state index contributed by atoms with van der Waals surface area (Å²) < 4.78 is 8.38. The summed E-state index contributed by atoms with van der Waals surface area (Å²) in [7, 11) is 0. The molecule has 10 rings (SSSR count). The molecule has 3 aromatic heterocycles. The van der Waals surface area contributed by atoms with Gasteiger partial charge in [-0.2, -0.15) is 9.97 Å². The van der Waals surface area contributed by atoms with Crippen molar-refractivity contribution >= 4 is 43.7 Å². The molecule has 0 atom stereocenters. The Morgan fingerprint density at radius 1 is 0.380 bits per heavy atom. The molecule has 10 aromatic rings. The Morgan fingerprint density at radius 3 is 1.84 bits per heavy atom. The number of nitrogens with zero attached hydrogens (tertiary/aromatic N) is 4. The van der Waals surface area contributed by atoms with Crippen LogP contribution in [0.3, 0.4) is 0 Å². The number of hydrogen-bond acceptors (Lipinski definition) is 4. The number of para-hydroxylation sites is 2. The zero-order valence-electron chi connectivity index (χ0n) is 26.9. The third kappa shape index (κ3) is 4.60. The number of rotatable bonds is 5. The van der Waals surface area contributed by atoms with Gasteiger partial charge in [0.25, 0.3) is 0 Å². The van der Waals surface area contributed by atoms with E-state index in [-0.39, 0.29) is 0 Å². The van der Waals surface area contributed by atoms with Gasteiger partial charge in [0.2, 0.25) is 5.95 Å². The fourth-order valence-corrected chi connectivity index (χ4v) is 7.15. The summed E-state index contributed by atoms with van der Waals surface area (Å²) in [6.45, 7) is 0. The predicted octanol–water partition coefficient (Wildman–Crippen LogP) is 11.5. The quantitative estimate of drug-likeness (QED) is 0.188. The van der Waals surface area contributed by atoms with Crippen LogP contribution in [0, 0.1) is 0 Å². The molecule has 0 unspecified atom stereocenters. The smallest absolute Gasteiger partial charge is 0.238 e. The third-order valence-electron chi connectivity index (χ3n) is 9.47.